The largest absolute Gasteiger partial charge is 0.315 e. The van der Waals surface area contributed by atoms with Crippen LogP contribution in [0.3, 0.4) is 0 Å². The van der Waals surface area contributed by atoms with Crippen molar-refractivity contribution in [2.24, 2.45) is 5.92 Å². The third-order valence-corrected chi connectivity index (χ3v) is 3.39. The first kappa shape index (κ1) is 12.7. The molecule has 0 aromatic carbocycles. The van der Waals surface area contributed by atoms with Gasteiger partial charge in [0.1, 0.15) is 0 Å². The van der Waals surface area contributed by atoms with E-state index in [0.717, 1.165) is 12.5 Å². The van der Waals surface area contributed by atoms with Crippen molar-refractivity contribution in [3.05, 3.63) is 12.2 Å². The normalized spacial score (nSPS) is 23.3. The van der Waals surface area contributed by atoms with Crippen molar-refractivity contribution in [3.63, 3.8) is 0 Å². The van der Waals surface area contributed by atoms with Crippen molar-refractivity contribution in [1.29, 1.82) is 0 Å². The van der Waals surface area contributed by atoms with Gasteiger partial charge in [0.25, 0.3) is 0 Å². The van der Waals surface area contributed by atoms with Crippen molar-refractivity contribution in [2.75, 3.05) is 27.2 Å². The summed E-state index contributed by atoms with van der Waals surface area (Å²) in [4.78, 5) is 2.31. The second-order valence-electron chi connectivity index (χ2n) is 4.83. The van der Waals surface area contributed by atoms with Gasteiger partial charge in [0.2, 0.25) is 0 Å². The van der Waals surface area contributed by atoms with Gasteiger partial charge < -0.3 is 10.2 Å². The highest BCUT2D eigenvalue weighted by atomic mass is 15.1. The monoisotopic (exact) mass is 210 g/mol. The quantitative estimate of drug-likeness (QED) is 0.677. The van der Waals surface area contributed by atoms with Crippen molar-refractivity contribution in [3.8, 4) is 0 Å². The van der Waals surface area contributed by atoms with Gasteiger partial charge in [-0.15, -0.1) is 0 Å². The van der Waals surface area contributed by atoms with Crippen LogP contribution in [0, 0.1) is 5.92 Å². The highest BCUT2D eigenvalue weighted by molar-refractivity contribution is 4.90. The Bertz CT molecular complexity index is 187. The second-order valence-corrected chi connectivity index (χ2v) is 4.83. The van der Waals surface area contributed by atoms with Crippen LogP contribution >= 0.6 is 0 Å². The van der Waals surface area contributed by atoms with Crippen LogP contribution in [0.2, 0.25) is 0 Å². The van der Waals surface area contributed by atoms with Crippen LogP contribution in [0.1, 0.15) is 32.6 Å². The Morgan fingerprint density at radius 3 is 2.73 bits per heavy atom. The molecule has 1 aliphatic carbocycles. The van der Waals surface area contributed by atoms with Gasteiger partial charge in [0.15, 0.2) is 0 Å². The smallest absolute Gasteiger partial charge is 0.0211 e. The highest BCUT2D eigenvalue weighted by Crippen LogP contribution is 2.16. The van der Waals surface area contributed by atoms with Gasteiger partial charge in [-0.3, -0.25) is 0 Å². The molecule has 88 valence electrons. The molecule has 1 N–H and O–H groups in total. The van der Waals surface area contributed by atoms with Crippen molar-refractivity contribution in [1.82, 2.24) is 10.2 Å². The lowest BCUT2D eigenvalue weighted by Crippen LogP contribution is -2.39. The fourth-order valence-corrected chi connectivity index (χ4v) is 2.19. The Balaban J connectivity index is 2.11. The summed E-state index contributed by atoms with van der Waals surface area (Å²) in [5, 5.41) is 3.61. The fourth-order valence-electron chi connectivity index (χ4n) is 2.19. The zero-order valence-electron chi connectivity index (χ0n) is 10.5. The molecule has 15 heavy (non-hydrogen) atoms. The van der Waals surface area contributed by atoms with Gasteiger partial charge in [-0.25, -0.2) is 0 Å². The lowest BCUT2D eigenvalue weighted by Gasteiger charge is -2.25. The number of nitrogens with zero attached hydrogens (tertiary/aromatic N) is 1. The summed E-state index contributed by atoms with van der Waals surface area (Å²) in [6, 6.07) is 0.684. The van der Waals surface area contributed by atoms with E-state index in [-0.39, 0.29) is 0 Å². The molecule has 2 atom stereocenters. The van der Waals surface area contributed by atoms with Crippen molar-refractivity contribution >= 4 is 0 Å². The minimum absolute atomic E-state index is 0.684. The highest BCUT2D eigenvalue weighted by Gasteiger charge is 2.11. The summed E-state index contributed by atoms with van der Waals surface area (Å²) in [5.74, 6) is 0.870. The Hall–Kier alpha value is -0.340. The Kier molecular flexibility index (Phi) is 5.96. The lowest BCUT2D eigenvalue weighted by molar-refractivity contribution is 0.270. The summed E-state index contributed by atoms with van der Waals surface area (Å²) in [6.07, 6.45) is 9.78. The molecule has 0 saturated heterocycles. The molecule has 0 aromatic rings. The molecule has 2 heteroatoms. The predicted molar refractivity (Wildman–Crippen MR) is 67.1 cm³/mol. The maximum atomic E-state index is 3.61. The van der Waals surface area contributed by atoms with Gasteiger partial charge >= 0.3 is 0 Å². The van der Waals surface area contributed by atoms with E-state index in [4.69, 9.17) is 0 Å². The lowest BCUT2D eigenvalue weighted by atomic mass is 9.94. The summed E-state index contributed by atoms with van der Waals surface area (Å²) >= 11 is 0. The molecular weight excluding hydrogens is 184 g/mol. The Morgan fingerprint density at radius 2 is 2.20 bits per heavy atom. The van der Waals surface area contributed by atoms with Crippen molar-refractivity contribution < 1.29 is 0 Å². The molecule has 0 spiro atoms. The fraction of sp³-hybridized carbons (Fsp3) is 0.846. The zero-order chi connectivity index (χ0) is 11.1. The third kappa shape index (κ3) is 4.80. The average Bonchev–Trinajstić information content (AvgIpc) is 2.25. The van der Waals surface area contributed by atoms with Crippen LogP contribution < -0.4 is 5.32 Å². The minimum Gasteiger partial charge on any atom is -0.315 e. The summed E-state index contributed by atoms with van der Waals surface area (Å²) in [7, 11) is 4.33. The molecule has 0 aromatic heterocycles. The van der Waals surface area contributed by atoms with E-state index in [0.29, 0.717) is 6.04 Å². The van der Waals surface area contributed by atoms with E-state index in [1.165, 1.54) is 32.2 Å². The Labute approximate surface area is 94.7 Å². The first-order valence-corrected chi connectivity index (χ1v) is 6.26. The van der Waals surface area contributed by atoms with Crippen LogP contribution in [0.5, 0.6) is 0 Å². The molecule has 1 rings (SSSR count). The second kappa shape index (κ2) is 7.02. The van der Waals surface area contributed by atoms with Crippen LogP contribution in [0.15, 0.2) is 12.2 Å². The number of nitrogens with one attached hydrogen (secondary N) is 1. The average molecular weight is 210 g/mol. The van der Waals surface area contributed by atoms with Crippen LogP contribution in [0.4, 0.5) is 0 Å². The number of likely N-dealkylation sites (N-methyl/N-ethyl adjacent to an activating group) is 1. The summed E-state index contributed by atoms with van der Waals surface area (Å²) in [5.41, 5.74) is 0. The molecule has 0 fully saturated rings. The van der Waals surface area contributed by atoms with Crippen molar-refractivity contribution in [2.45, 2.75) is 38.6 Å². The van der Waals surface area contributed by atoms with E-state index in [2.05, 4.69) is 43.4 Å². The number of hydrogen-bond donors (Lipinski definition) is 1. The molecule has 0 amide bonds. The van der Waals surface area contributed by atoms with Gasteiger partial charge in [0.05, 0.1) is 0 Å². The van der Waals surface area contributed by atoms with E-state index in [1.807, 2.05) is 0 Å². The van der Waals surface area contributed by atoms with E-state index < -0.39 is 0 Å². The molecule has 0 radical (unpaired) electrons. The molecule has 1 aliphatic rings. The molecule has 0 saturated carbocycles. The van der Waals surface area contributed by atoms with Crippen LogP contribution in [-0.4, -0.2) is 38.1 Å². The van der Waals surface area contributed by atoms with E-state index >= 15 is 0 Å². The van der Waals surface area contributed by atoms with Gasteiger partial charge in [0, 0.05) is 12.6 Å². The maximum absolute atomic E-state index is 3.61. The molecule has 2 unspecified atom stereocenters. The Morgan fingerprint density at radius 1 is 1.40 bits per heavy atom. The van der Waals surface area contributed by atoms with Crippen LogP contribution in [0.25, 0.3) is 0 Å². The molecule has 0 bridgehead atoms. The SMILES string of the molecule is CCC(CNCC1CC=CCC1)N(C)C. The third-order valence-electron chi connectivity index (χ3n) is 3.39. The van der Waals surface area contributed by atoms with Gasteiger partial charge in [-0.1, -0.05) is 19.1 Å². The zero-order valence-corrected chi connectivity index (χ0v) is 10.5. The summed E-state index contributed by atoms with van der Waals surface area (Å²) in [6.45, 7) is 4.58. The van der Waals surface area contributed by atoms with E-state index in [1.54, 1.807) is 0 Å². The summed E-state index contributed by atoms with van der Waals surface area (Å²) < 4.78 is 0. The maximum Gasteiger partial charge on any atom is 0.0211 e. The first-order chi connectivity index (χ1) is 7.24. The number of hydrogen-bond acceptors (Lipinski definition) is 2. The number of allylic oxidation sites excluding steroid dienone is 2. The standard InChI is InChI=1S/C13H26N2/c1-4-13(15(2)3)11-14-10-12-8-6-5-7-9-12/h5-6,12-14H,4,7-11H2,1-3H3. The molecule has 0 heterocycles. The molecule has 2 nitrogen and oxygen atoms in total. The minimum atomic E-state index is 0.684. The number of rotatable bonds is 6. The van der Waals surface area contributed by atoms with Gasteiger partial charge in [-0.2, -0.15) is 0 Å². The van der Waals surface area contributed by atoms with Gasteiger partial charge in [-0.05, 0) is 52.2 Å². The predicted octanol–water partition coefficient (Wildman–Crippen LogP) is 2.27. The topological polar surface area (TPSA) is 15.3 Å². The first-order valence-electron chi connectivity index (χ1n) is 6.26. The van der Waals surface area contributed by atoms with Crippen LogP contribution in [-0.2, 0) is 0 Å². The van der Waals surface area contributed by atoms with E-state index in [9.17, 15) is 0 Å². The molecular formula is C13H26N2. The molecule has 0 aliphatic heterocycles.